The number of hydrogen-bond acceptors (Lipinski definition) is 8. The number of rotatable bonds is 7. The number of anilines is 1. The van der Waals surface area contributed by atoms with Gasteiger partial charge in [-0.1, -0.05) is 23.2 Å². The number of esters is 1. The third-order valence-electron chi connectivity index (χ3n) is 4.81. The number of ether oxygens (including phenoxy) is 2. The Morgan fingerprint density at radius 1 is 0.919 bits per heavy atom. The number of amides is 2. The number of methoxy groups -OCH3 is 1. The van der Waals surface area contributed by atoms with E-state index in [4.69, 9.17) is 32.7 Å². The van der Waals surface area contributed by atoms with Crippen molar-refractivity contribution < 1.29 is 28.8 Å². The Hall–Kier alpha value is -4.48. The average molecular weight is 545 g/mol. The van der Waals surface area contributed by atoms with Crippen LogP contribution >= 0.6 is 23.2 Å². The van der Waals surface area contributed by atoms with Crippen molar-refractivity contribution in [2.75, 3.05) is 12.4 Å². The molecule has 0 heterocycles. The molecule has 0 atom stereocenters. The van der Waals surface area contributed by atoms with E-state index in [2.05, 4.69) is 15.8 Å². The number of hydrazone groups is 1. The van der Waals surface area contributed by atoms with Gasteiger partial charge in [-0.15, -0.1) is 0 Å². The van der Waals surface area contributed by atoms with E-state index in [0.717, 1.165) is 0 Å². The highest BCUT2D eigenvalue weighted by Gasteiger charge is 2.17. The molecule has 0 unspecified atom stereocenters. The highest BCUT2D eigenvalue weighted by Crippen LogP contribution is 2.29. The van der Waals surface area contributed by atoms with Crippen molar-refractivity contribution >= 4 is 58.1 Å². The first-order valence-corrected chi connectivity index (χ1v) is 11.1. The molecule has 190 valence electrons. The van der Waals surface area contributed by atoms with Crippen molar-refractivity contribution in [3.63, 3.8) is 0 Å². The van der Waals surface area contributed by atoms with E-state index in [0.29, 0.717) is 16.3 Å². The van der Waals surface area contributed by atoms with E-state index in [1.165, 1.54) is 61.7 Å². The molecule has 0 saturated heterocycles. The summed E-state index contributed by atoms with van der Waals surface area (Å²) >= 11 is 11.8. The van der Waals surface area contributed by atoms with Gasteiger partial charge in [0, 0.05) is 22.7 Å². The predicted octanol–water partition coefficient (Wildman–Crippen LogP) is 4.61. The zero-order valence-corrected chi connectivity index (χ0v) is 20.8. The second kappa shape index (κ2) is 12.0. The number of nitro groups is 1. The number of carbonyl (C=O) groups excluding carboxylic acids is 3. The number of non-ortho nitro benzene ring substituents is 1. The van der Waals surface area contributed by atoms with Crippen molar-refractivity contribution in [3.8, 4) is 11.5 Å². The summed E-state index contributed by atoms with van der Waals surface area (Å²) in [5.74, 6) is -2.53. The monoisotopic (exact) mass is 544 g/mol. The molecule has 0 aliphatic carbocycles. The first-order valence-electron chi connectivity index (χ1n) is 10.3. The van der Waals surface area contributed by atoms with E-state index < -0.39 is 22.7 Å². The first-order chi connectivity index (χ1) is 17.6. The Morgan fingerprint density at radius 3 is 2.24 bits per heavy atom. The van der Waals surface area contributed by atoms with Crippen LogP contribution in [0.2, 0.25) is 10.0 Å². The third-order valence-corrected chi connectivity index (χ3v) is 5.37. The lowest BCUT2D eigenvalue weighted by Crippen LogP contribution is -2.33. The van der Waals surface area contributed by atoms with Gasteiger partial charge in [0.25, 0.3) is 5.69 Å². The Bertz CT molecular complexity index is 1410. The summed E-state index contributed by atoms with van der Waals surface area (Å²) in [6, 6.07) is 13.8. The number of nitro benzene ring substituents is 1. The number of nitrogens with one attached hydrogen (secondary N) is 2. The van der Waals surface area contributed by atoms with Gasteiger partial charge < -0.3 is 14.8 Å². The SMILES string of the molecule is COc1cc(/C(C)=N/NC(=O)C(=O)Nc2cc(Cl)ccc2Cl)ccc1OC(=O)c1ccc([N+](=O)[O-])cc1. The molecule has 2 N–H and O–H groups in total. The van der Waals surface area contributed by atoms with Gasteiger partial charge in [0.05, 0.1) is 34.0 Å². The summed E-state index contributed by atoms with van der Waals surface area (Å²) in [5, 5.41) is 17.5. The minimum absolute atomic E-state index is 0.0872. The number of nitrogens with zero attached hydrogens (tertiary/aromatic N) is 2. The number of halogens is 2. The van der Waals surface area contributed by atoms with E-state index >= 15 is 0 Å². The van der Waals surface area contributed by atoms with Gasteiger partial charge in [0.1, 0.15) is 0 Å². The Balaban J connectivity index is 1.67. The fourth-order valence-corrected chi connectivity index (χ4v) is 3.21. The van der Waals surface area contributed by atoms with E-state index in [1.807, 2.05) is 0 Å². The van der Waals surface area contributed by atoms with Gasteiger partial charge >= 0.3 is 17.8 Å². The van der Waals surface area contributed by atoms with Gasteiger partial charge in [-0.3, -0.25) is 19.7 Å². The zero-order chi connectivity index (χ0) is 27.1. The highest BCUT2D eigenvalue weighted by molar-refractivity contribution is 6.42. The fraction of sp³-hybridized carbons (Fsp3) is 0.0833. The highest BCUT2D eigenvalue weighted by atomic mass is 35.5. The van der Waals surface area contributed by atoms with Gasteiger partial charge in [0.2, 0.25) is 0 Å². The first kappa shape index (κ1) is 27.1. The van der Waals surface area contributed by atoms with Crippen molar-refractivity contribution in [1.29, 1.82) is 0 Å². The second-order valence-electron chi connectivity index (χ2n) is 7.28. The van der Waals surface area contributed by atoms with Gasteiger partial charge in [-0.25, -0.2) is 10.2 Å². The molecule has 0 bridgehead atoms. The van der Waals surface area contributed by atoms with Crippen LogP contribution in [0.4, 0.5) is 11.4 Å². The molecule has 2 amide bonds. The molecule has 3 rings (SSSR count). The van der Waals surface area contributed by atoms with Crippen LogP contribution in [0.5, 0.6) is 11.5 Å². The Labute approximate surface area is 220 Å². The molecular formula is C24H18Cl2N4O7. The number of carbonyl (C=O) groups is 3. The Morgan fingerprint density at radius 2 is 1.59 bits per heavy atom. The molecule has 3 aromatic rings. The third kappa shape index (κ3) is 7.03. The van der Waals surface area contributed by atoms with E-state index in [1.54, 1.807) is 13.0 Å². The molecule has 0 saturated carbocycles. The van der Waals surface area contributed by atoms with Crippen LogP contribution in [0.25, 0.3) is 0 Å². The number of benzene rings is 3. The molecule has 0 aromatic heterocycles. The molecule has 13 heteroatoms. The summed E-state index contributed by atoms with van der Waals surface area (Å²) in [5.41, 5.74) is 3.06. The smallest absolute Gasteiger partial charge is 0.343 e. The molecule has 0 aliphatic heterocycles. The molecule has 3 aromatic carbocycles. The van der Waals surface area contributed by atoms with Crippen molar-refractivity contribution in [3.05, 3.63) is 92.0 Å². The van der Waals surface area contributed by atoms with Crippen LogP contribution in [-0.4, -0.2) is 35.5 Å². The maximum absolute atomic E-state index is 12.4. The molecule has 0 fully saturated rings. The van der Waals surface area contributed by atoms with Crippen LogP contribution in [0, 0.1) is 10.1 Å². The molecule has 11 nitrogen and oxygen atoms in total. The summed E-state index contributed by atoms with van der Waals surface area (Å²) in [6.07, 6.45) is 0. The van der Waals surface area contributed by atoms with Crippen LogP contribution < -0.4 is 20.2 Å². The maximum Gasteiger partial charge on any atom is 0.343 e. The average Bonchev–Trinajstić information content (AvgIpc) is 2.89. The second-order valence-corrected chi connectivity index (χ2v) is 8.12. The quantitative estimate of drug-likeness (QED) is 0.110. The largest absolute Gasteiger partial charge is 0.493 e. The predicted molar refractivity (Wildman–Crippen MR) is 136 cm³/mol. The maximum atomic E-state index is 12.4. The van der Waals surface area contributed by atoms with Gasteiger partial charge in [0.15, 0.2) is 11.5 Å². The van der Waals surface area contributed by atoms with Crippen LogP contribution in [0.15, 0.2) is 65.8 Å². The normalized spacial score (nSPS) is 10.9. The standard InChI is InChI=1S/C24H18Cl2N4O7/c1-13(28-29-23(32)22(31)27-19-12-16(25)6-9-18(19)26)15-5-10-20(21(11-15)36-2)37-24(33)14-3-7-17(8-4-14)30(34)35/h3-12H,1-2H3,(H,27,31)(H,29,32)/b28-13+. The van der Waals surface area contributed by atoms with Crippen LogP contribution in [0.1, 0.15) is 22.8 Å². The minimum Gasteiger partial charge on any atom is -0.493 e. The Kier molecular flexibility index (Phi) is 8.77. The van der Waals surface area contributed by atoms with Gasteiger partial charge in [-0.05, 0) is 55.5 Å². The molecule has 0 radical (unpaired) electrons. The summed E-state index contributed by atoms with van der Waals surface area (Å²) in [7, 11) is 1.36. The zero-order valence-electron chi connectivity index (χ0n) is 19.3. The van der Waals surface area contributed by atoms with Gasteiger partial charge in [-0.2, -0.15) is 5.10 Å². The van der Waals surface area contributed by atoms with Crippen molar-refractivity contribution in [2.45, 2.75) is 6.92 Å². The lowest BCUT2D eigenvalue weighted by molar-refractivity contribution is -0.384. The van der Waals surface area contributed by atoms with E-state index in [-0.39, 0.29) is 33.5 Å². The molecule has 37 heavy (non-hydrogen) atoms. The molecule has 0 spiro atoms. The van der Waals surface area contributed by atoms with Crippen molar-refractivity contribution in [1.82, 2.24) is 5.43 Å². The molecule has 0 aliphatic rings. The van der Waals surface area contributed by atoms with E-state index in [9.17, 15) is 24.5 Å². The minimum atomic E-state index is -1.05. The number of hydrogen-bond donors (Lipinski definition) is 2. The van der Waals surface area contributed by atoms with Crippen molar-refractivity contribution in [2.24, 2.45) is 5.10 Å². The lowest BCUT2D eigenvalue weighted by Gasteiger charge is -2.11. The topological polar surface area (TPSA) is 149 Å². The summed E-state index contributed by atoms with van der Waals surface area (Å²) in [6.45, 7) is 1.57. The van der Waals surface area contributed by atoms with Crippen LogP contribution in [0.3, 0.4) is 0 Å². The summed E-state index contributed by atoms with van der Waals surface area (Å²) < 4.78 is 10.6. The molecular weight excluding hydrogens is 527 g/mol. The summed E-state index contributed by atoms with van der Waals surface area (Å²) in [4.78, 5) is 46.9. The van der Waals surface area contributed by atoms with Crippen LogP contribution in [-0.2, 0) is 9.59 Å². The fourth-order valence-electron chi connectivity index (χ4n) is 2.88. The lowest BCUT2D eigenvalue weighted by atomic mass is 10.1.